The Labute approximate surface area is 203 Å². The number of ether oxygens (including phenoxy) is 2. The molecule has 1 atom stereocenters. The molecule has 0 bridgehead atoms. The Balaban J connectivity index is 0.00000341. The van der Waals surface area contributed by atoms with Gasteiger partial charge in [0.25, 0.3) is 0 Å². The SMILES string of the molecule is CCNC(=NCc1ccc(S(N)(=O)=O)cc1)N1CCC(OCC2CCCCO2)CC1.I. The number of halogens is 1. The Kier molecular flexibility index (Phi) is 11.0. The van der Waals surface area contributed by atoms with Gasteiger partial charge in [0, 0.05) is 26.2 Å². The lowest BCUT2D eigenvalue weighted by atomic mass is 10.1. The molecule has 31 heavy (non-hydrogen) atoms. The van der Waals surface area contributed by atoms with Crippen molar-refractivity contribution in [1.29, 1.82) is 0 Å². The van der Waals surface area contributed by atoms with Gasteiger partial charge in [0.05, 0.1) is 30.3 Å². The van der Waals surface area contributed by atoms with Gasteiger partial charge in [0.2, 0.25) is 10.0 Å². The first-order valence-electron chi connectivity index (χ1n) is 10.8. The maximum atomic E-state index is 11.4. The monoisotopic (exact) mass is 566 g/mol. The fourth-order valence-electron chi connectivity index (χ4n) is 3.79. The highest BCUT2D eigenvalue weighted by Gasteiger charge is 2.23. The molecule has 0 radical (unpaired) electrons. The number of hydrogen-bond donors (Lipinski definition) is 2. The third-order valence-corrected chi connectivity index (χ3v) is 6.46. The summed E-state index contributed by atoms with van der Waals surface area (Å²) in [6.45, 7) is 6.67. The number of nitrogens with zero attached hydrogens (tertiary/aromatic N) is 2. The van der Waals surface area contributed by atoms with E-state index in [-0.39, 0.29) is 41.1 Å². The van der Waals surface area contributed by atoms with Crippen LogP contribution in [0.3, 0.4) is 0 Å². The van der Waals surface area contributed by atoms with Gasteiger partial charge >= 0.3 is 0 Å². The van der Waals surface area contributed by atoms with Gasteiger partial charge in [-0.05, 0) is 56.7 Å². The van der Waals surface area contributed by atoms with Crippen molar-refractivity contribution < 1.29 is 17.9 Å². The van der Waals surface area contributed by atoms with Crippen LogP contribution in [0.4, 0.5) is 0 Å². The minimum Gasteiger partial charge on any atom is -0.376 e. The van der Waals surface area contributed by atoms with Gasteiger partial charge in [-0.3, -0.25) is 0 Å². The van der Waals surface area contributed by atoms with E-state index in [0.717, 1.165) is 63.4 Å². The fourth-order valence-corrected chi connectivity index (χ4v) is 4.31. The van der Waals surface area contributed by atoms with Crippen molar-refractivity contribution in [2.45, 2.75) is 62.7 Å². The molecule has 0 aromatic heterocycles. The van der Waals surface area contributed by atoms with E-state index >= 15 is 0 Å². The normalized spacial score (nSPS) is 20.9. The lowest BCUT2D eigenvalue weighted by molar-refractivity contribution is -0.0721. The molecule has 3 N–H and O–H groups in total. The number of sulfonamides is 1. The number of nitrogens with two attached hydrogens (primary N) is 1. The smallest absolute Gasteiger partial charge is 0.238 e. The third-order valence-electron chi connectivity index (χ3n) is 5.53. The van der Waals surface area contributed by atoms with Gasteiger partial charge < -0.3 is 19.7 Å². The van der Waals surface area contributed by atoms with E-state index in [1.807, 2.05) is 0 Å². The maximum Gasteiger partial charge on any atom is 0.238 e. The van der Waals surface area contributed by atoms with Gasteiger partial charge in [-0.25, -0.2) is 18.5 Å². The first kappa shape index (κ1) is 26.3. The van der Waals surface area contributed by atoms with Crippen LogP contribution in [0.1, 0.15) is 44.6 Å². The molecule has 1 aromatic rings. The van der Waals surface area contributed by atoms with Gasteiger partial charge in [-0.15, -0.1) is 24.0 Å². The molecule has 8 nitrogen and oxygen atoms in total. The molecule has 0 saturated carbocycles. The summed E-state index contributed by atoms with van der Waals surface area (Å²) >= 11 is 0. The Bertz CT molecular complexity index is 790. The lowest BCUT2D eigenvalue weighted by Crippen LogP contribution is -2.47. The molecule has 1 aromatic carbocycles. The topological polar surface area (TPSA) is 106 Å². The average molecular weight is 567 g/mol. The summed E-state index contributed by atoms with van der Waals surface area (Å²) in [6.07, 6.45) is 5.99. The van der Waals surface area contributed by atoms with Crippen LogP contribution >= 0.6 is 24.0 Å². The molecule has 1 unspecified atom stereocenters. The summed E-state index contributed by atoms with van der Waals surface area (Å²) in [4.78, 5) is 7.11. The van der Waals surface area contributed by atoms with Crippen molar-refractivity contribution in [3.05, 3.63) is 29.8 Å². The van der Waals surface area contributed by atoms with Gasteiger partial charge in [-0.1, -0.05) is 12.1 Å². The number of guanidine groups is 1. The van der Waals surface area contributed by atoms with E-state index in [9.17, 15) is 8.42 Å². The van der Waals surface area contributed by atoms with Crippen molar-refractivity contribution in [1.82, 2.24) is 10.2 Å². The zero-order valence-corrected chi connectivity index (χ0v) is 21.3. The summed E-state index contributed by atoms with van der Waals surface area (Å²) in [5.74, 6) is 0.877. The summed E-state index contributed by atoms with van der Waals surface area (Å²) < 4.78 is 34.6. The molecule has 176 valence electrons. The van der Waals surface area contributed by atoms with Crippen molar-refractivity contribution in [2.75, 3.05) is 32.8 Å². The molecule has 0 amide bonds. The second-order valence-corrected chi connectivity index (χ2v) is 9.43. The van der Waals surface area contributed by atoms with Gasteiger partial charge in [-0.2, -0.15) is 0 Å². The number of primary sulfonamides is 1. The summed E-state index contributed by atoms with van der Waals surface area (Å²) in [5.41, 5.74) is 0.934. The highest BCUT2D eigenvalue weighted by atomic mass is 127. The molecule has 3 rings (SSSR count). The molecule has 10 heteroatoms. The first-order chi connectivity index (χ1) is 14.5. The third kappa shape index (κ3) is 8.49. The summed E-state index contributed by atoms with van der Waals surface area (Å²) in [6, 6.07) is 6.54. The van der Waals surface area contributed by atoms with E-state index in [0.29, 0.717) is 13.2 Å². The Hall–Kier alpha value is -0.950. The molecule has 2 aliphatic rings. The number of rotatable bonds is 7. The molecular formula is C21H35IN4O4S. The van der Waals surface area contributed by atoms with E-state index in [2.05, 4.69) is 17.1 Å². The Morgan fingerprint density at radius 1 is 1.23 bits per heavy atom. The van der Waals surface area contributed by atoms with E-state index in [1.54, 1.807) is 12.1 Å². The van der Waals surface area contributed by atoms with Crippen molar-refractivity contribution in [2.24, 2.45) is 10.1 Å². The highest BCUT2D eigenvalue weighted by Crippen LogP contribution is 2.18. The van der Waals surface area contributed by atoms with E-state index < -0.39 is 10.0 Å². The van der Waals surface area contributed by atoms with Crippen LogP contribution in [-0.4, -0.2) is 64.3 Å². The van der Waals surface area contributed by atoms with Gasteiger partial charge in [0.15, 0.2) is 5.96 Å². The minimum absolute atomic E-state index is 0. The number of aliphatic imine (C=N–C) groups is 1. The molecule has 2 fully saturated rings. The standard InChI is InChI=1S/C21H34N4O4S.HI/c1-2-23-21(24-15-17-6-8-20(9-7-17)30(22,26)27)25-12-10-18(11-13-25)29-16-19-5-3-4-14-28-19;/h6-9,18-19H,2-5,10-16H2,1H3,(H,23,24)(H2,22,26,27);1H. The molecule has 2 heterocycles. The van der Waals surface area contributed by atoms with Crippen molar-refractivity contribution in [3.8, 4) is 0 Å². The van der Waals surface area contributed by atoms with Crippen LogP contribution in [0, 0.1) is 0 Å². The zero-order chi connectivity index (χ0) is 21.4. The van der Waals surface area contributed by atoms with Crippen LogP contribution in [0.5, 0.6) is 0 Å². The molecule has 0 spiro atoms. The van der Waals surface area contributed by atoms with Crippen LogP contribution in [-0.2, 0) is 26.0 Å². The fraction of sp³-hybridized carbons (Fsp3) is 0.667. The first-order valence-corrected chi connectivity index (χ1v) is 12.4. The molecule has 2 saturated heterocycles. The predicted molar refractivity (Wildman–Crippen MR) is 132 cm³/mol. The van der Waals surface area contributed by atoms with E-state index in [1.165, 1.54) is 18.6 Å². The van der Waals surface area contributed by atoms with Crippen LogP contribution in [0.15, 0.2) is 34.2 Å². The molecule has 2 aliphatic heterocycles. The Morgan fingerprint density at radius 2 is 1.94 bits per heavy atom. The second kappa shape index (κ2) is 12.9. The average Bonchev–Trinajstić information content (AvgIpc) is 2.76. The predicted octanol–water partition coefficient (Wildman–Crippen LogP) is 2.47. The second-order valence-electron chi connectivity index (χ2n) is 7.87. The molecule has 0 aliphatic carbocycles. The summed E-state index contributed by atoms with van der Waals surface area (Å²) in [5, 5.41) is 8.51. The number of likely N-dealkylation sites (tertiary alicyclic amines) is 1. The lowest BCUT2D eigenvalue weighted by Gasteiger charge is -2.35. The summed E-state index contributed by atoms with van der Waals surface area (Å²) in [7, 11) is -3.67. The van der Waals surface area contributed by atoms with Gasteiger partial charge in [0.1, 0.15) is 0 Å². The largest absolute Gasteiger partial charge is 0.376 e. The van der Waals surface area contributed by atoms with Crippen LogP contribution in [0.25, 0.3) is 0 Å². The Morgan fingerprint density at radius 3 is 2.52 bits per heavy atom. The highest BCUT2D eigenvalue weighted by molar-refractivity contribution is 14.0. The quantitative estimate of drug-likeness (QED) is 0.299. The van der Waals surface area contributed by atoms with Crippen molar-refractivity contribution >= 4 is 40.0 Å². The number of piperidine rings is 1. The maximum absolute atomic E-state index is 11.4. The zero-order valence-electron chi connectivity index (χ0n) is 18.2. The van der Waals surface area contributed by atoms with E-state index in [4.69, 9.17) is 19.6 Å². The van der Waals surface area contributed by atoms with Crippen LogP contribution in [0.2, 0.25) is 0 Å². The van der Waals surface area contributed by atoms with Crippen LogP contribution < -0.4 is 10.5 Å². The number of benzene rings is 1. The number of nitrogens with one attached hydrogen (secondary N) is 1. The molecular weight excluding hydrogens is 531 g/mol. The number of hydrogen-bond acceptors (Lipinski definition) is 5. The minimum atomic E-state index is -3.67. The van der Waals surface area contributed by atoms with Crippen molar-refractivity contribution in [3.63, 3.8) is 0 Å².